The Morgan fingerprint density at radius 3 is 2.62 bits per heavy atom. The SMILES string of the molecule is COc1cc(CNC(=O)N[C@H](CC(C)C)c2ccccc2)ccn1. The molecule has 5 heteroatoms. The number of hydrogen-bond donors (Lipinski definition) is 2. The number of carbonyl (C=O) groups excluding carboxylic acids is 1. The first kappa shape index (κ1) is 17.8. The molecule has 0 aliphatic heterocycles. The van der Waals surface area contributed by atoms with Crippen molar-refractivity contribution in [2.75, 3.05) is 7.11 Å². The van der Waals surface area contributed by atoms with E-state index >= 15 is 0 Å². The topological polar surface area (TPSA) is 63.2 Å². The van der Waals surface area contributed by atoms with Crippen molar-refractivity contribution in [3.8, 4) is 5.88 Å². The summed E-state index contributed by atoms with van der Waals surface area (Å²) < 4.78 is 5.09. The lowest BCUT2D eigenvalue weighted by Gasteiger charge is -2.21. The van der Waals surface area contributed by atoms with Crippen molar-refractivity contribution in [1.29, 1.82) is 0 Å². The molecule has 24 heavy (non-hydrogen) atoms. The van der Waals surface area contributed by atoms with E-state index in [1.165, 1.54) is 0 Å². The molecule has 1 aromatic carbocycles. The van der Waals surface area contributed by atoms with Gasteiger partial charge in [0.05, 0.1) is 13.2 Å². The molecule has 0 fully saturated rings. The van der Waals surface area contributed by atoms with E-state index in [0.717, 1.165) is 17.5 Å². The number of urea groups is 1. The standard InChI is InChI=1S/C19H25N3O2/c1-14(2)11-17(16-7-5-4-6-8-16)22-19(23)21-13-15-9-10-20-18(12-15)24-3/h4-10,12,14,17H,11,13H2,1-3H3,(H2,21,22,23)/t17-/m1/s1. The van der Waals surface area contributed by atoms with Gasteiger partial charge in [0.1, 0.15) is 0 Å². The Morgan fingerprint density at radius 1 is 1.21 bits per heavy atom. The Bertz CT molecular complexity index is 644. The minimum atomic E-state index is -0.180. The van der Waals surface area contributed by atoms with Gasteiger partial charge in [0, 0.05) is 18.8 Å². The summed E-state index contributed by atoms with van der Waals surface area (Å²) >= 11 is 0. The monoisotopic (exact) mass is 327 g/mol. The van der Waals surface area contributed by atoms with Gasteiger partial charge in [0.25, 0.3) is 0 Å². The molecule has 128 valence electrons. The maximum Gasteiger partial charge on any atom is 0.315 e. The van der Waals surface area contributed by atoms with Crippen LogP contribution in [0, 0.1) is 5.92 Å². The van der Waals surface area contributed by atoms with Gasteiger partial charge in [-0.05, 0) is 29.5 Å². The minimum Gasteiger partial charge on any atom is -0.481 e. The van der Waals surface area contributed by atoms with E-state index in [2.05, 4.69) is 29.5 Å². The number of pyridine rings is 1. The molecule has 1 atom stereocenters. The summed E-state index contributed by atoms with van der Waals surface area (Å²) in [5.41, 5.74) is 2.06. The van der Waals surface area contributed by atoms with Crippen molar-refractivity contribution in [1.82, 2.24) is 15.6 Å². The molecule has 0 unspecified atom stereocenters. The first-order valence-corrected chi connectivity index (χ1v) is 8.16. The summed E-state index contributed by atoms with van der Waals surface area (Å²) in [6.45, 7) is 4.73. The lowest BCUT2D eigenvalue weighted by molar-refractivity contribution is 0.234. The van der Waals surface area contributed by atoms with Crippen LogP contribution in [-0.2, 0) is 6.54 Å². The summed E-state index contributed by atoms with van der Waals surface area (Å²) in [5, 5.41) is 5.96. The van der Waals surface area contributed by atoms with Gasteiger partial charge < -0.3 is 15.4 Å². The van der Waals surface area contributed by atoms with Gasteiger partial charge >= 0.3 is 6.03 Å². The molecule has 2 N–H and O–H groups in total. The van der Waals surface area contributed by atoms with Gasteiger partial charge in [-0.2, -0.15) is 0 Å². The molecule has 0 bridgehead atoms. The molecule has 0 spiro atoms. The lowest BCUT2D eigenvalue weighted by atomic mass is 9.97. The first-order chi connectivity index (χ1) is 11.6. The zero-order valence-electron chi connectivity index (χ0n) is 14.5. The van der Waals surface area contributed by atoms with Crippen molar-refractivity contribution in [2.24, 2.45) is 5.92 Å². The van der Waals surface area contributed by atoms with Gasteiger partial charge in [-0.1, -0.05) is 44.2 Å². The van der Waals surface area contributed by atoms with Crippen LogP contribution in [0.4, 0.5) is 4.79 Å². The number of rotatable bonds is 7. The predicted molar refractivity (Wildman–Crippen MR) is 94.8 cm³/mol. The van der Waals surface area contributed by atoms with Crippen LogP contribution in [0.1, 0.15) is 37.4 Å². The number of nitrogens with one attached hydrogen (secondary N) is 2. The second-order valence-electron chi connectivity index (χ2n) is 6.13. The molecule has 0 aliphatic carbocycles. The minimum absolute atomic E-state index is 0.00169. The molecule has 2 aromatic rings. The lowest BCUT2D eigenvalue weighted by Crippen LogP contribution is -2.38. The number of benzene rings is 1. The number of methoxy groups -OCH3 is 1. The van der Waals surface area contributed by atoms with Gasteiger partial charge in [-0.25, -0.2) is 9.78 Å². The van der Waals surface area contributed by atoms with Crippen LogP contribution in [-0.4, -0.2) is 18.1 Å². The number of hydrogen-bond acceptors (Lipinski definition) is 3. The second kappa shape index (κ2) is 8.91. The zero-order valence-corrected chi connectivity index (χ0v) is 14.5. The summed E-state index contributed by atoms with van der Waals surface area (Å²) in [7, 11) is 1.57. The summed E-state index contributed by atoms with van der Waals surface area (Å²) in [6, 6.07) is 13.5. The maximum atomic E-state index is 12.3. The Kier molecular flexibility index (Phi) is 6.61. The molecule has 1 heterocycles. The van der Waals surface area contributed by atoms with E-state index < -0.39 is 0 Å². The highest BCUT2D eigenvalue weighted by Crippen LogP contribution is 2.20. The maximum absolute atomic E-state index is 12.3. The molecule has 1 aromatic heterocycles. The predicted octanol–water partition coefficient (Wildman–Crippen LogP) is 3.68. The van der Waals surface area contributed by atoms with E-state index in [9.17, 15) is 4.79 Å². The highest BCUT2D eigenvalue weighted by atomic mass is 16.5. The Hall–Kier alpha value is -2.56. The molecule has 2 rings (SSSR count). The summed E-state index contributed by atoms with van der Waals surface area (Å²) in [5.74, 6) is 1.02. The van der Waals surface area contributed by atoms with Gasteiger partial charge in [-0.15, -0.1) is 0 Å². The summed E-state index contributed by atoms with van der Waals surface area (Å²) in [4.78, 5) is 16.3. The molecule has 0 aliphatic rings. The largest absolute Gasteiger partial charge is 0.481 e. The fourth-order valence-corrected chi connectivity index (χ4v) is 2.50. The van der Waals surface area contributed by atoms with E-state index in [1.807, 2.05) is 42.5 Å². The quantitative estimate of drug-likeness (QED) is 0.815. The molecule has 0 saturated carbocycles. The fraction of sp³-hybridized carbons (Fsp3) is 0.368. The third-order valence-corrected chi connectivity index (χ3v) is 3.68. The van der Waals surface area contributed by atoms with Gasteiger partial charge in [0.15, 0.2) is 0 Å². The molecule has 0 saturated heterocycles. The van der Waals surface area contributed by atoms with E-state index in [-0.39, 0.29) is 12.1 Å². The van der Waals surface area contributed by atoms with Crippen LogP contribution in [0.15, 0.2) is 48.7 Å². The third-order valence-electron chi connectivity index (χ3n) is 3.68. The van der Waals surface area contributed by atoms with Crippen molar-refractivity contribution >= 4 is 6.03 Å². The number of ether oxygens (including phenoxy) is 1. The first-order valence-electron chi connectivity index (χ1n) is 8.16. The Balaban J connectivity index is 1.94. The van der Waals surface area contributed by atoms with E-state index in [0.29, 0.717) is 18.3 Å². The van der Waals surface area contributed by atoms with E-state index in [4.69, 9.17) is 4.74 Å². The van der Waals surface area contributed by atoms with Gasteiger partial charge in [0.2, 0.25) is 5.88 Å². The number of amides is 2. The zero-order chi connectivity index (χ0) is 17.4. The van der Waals surface area contributed by atoms with Crippen LogP contribution in [0.5, 0.6) is 5.88 Å². The second-order valence-corrected chi connectivity index (χ2v) is 6.13. The number of carbonyl (C=O) groups is 1. The van der Waals surface area contributed by atoms with E-state index in [1.54, 1.807) is 13.3 Å². The van der Waals surface area contributed by atoms with Crippen LogP contribution in [0.25, 0.3) is 0 Å². The molecular formula is C19H25N3O2. The average molecular weight is 327 g/mol. The van der Waals surface area contributed by atoms with Crippen molar-refractivity contribution in [3.05, 3.63) is 59.8 Å². The van der Waals surface area contributed by atoms with Crippen molar-refractivity contribution in [2.45, 2.75) is 32.9 Å². The molecule has 5 nitrogen and oxygen atoms in total. The van der Waals surface area contributed by atoms with Crippen LogP contribution in [0.3, 0.4) is 0 Å². The summed E-state index contributed by atoms with van der Waals surface area (Å²) in [6.07, 6.45) is 2.56. The molecule has 2 amide bonds. The van der Waals surface area contributed by atoms with Crippen LogP contribution in [0.2, 0.25) is 0 Å². The highest BCUT2D eigenvalue weighted by molar-refractivity contribution is 5.74. The molecular weight excluding hydrogens is 302 g/mol. The van der Waals surface area contributed by atoms with Gasteiger partial charge in [-0.3, -0.25) is 0 Å². The number of nitrogens with zero attached hydrogens (tertiary/aromatic N) is 1. The average Bonchev–Trinajstić information content (AvgIpc) is 2.60. The van der Waals surface area contributed by atoms with Crippen LogP contribution >= 0.6 is 0 Å². The molecule has 0 radical (unpaired) electrons. The third kappa shape index (κ3) is 5.57. The Morgan fingerprint density at radius 2 is 1.96 bits per heavy atom. The fourth-order valence-electron chi connectivity index (χ4n) is 2.50. The van der Waals surface area contributed by atoms with Crippen LogP contribution < -0.4 is 15.4 Å². The normalized spacial score (nSPS) is 11.8. The van der Waals surface area contributed by atoms with Crippen molar-refractivity contribution < 1.29 is 9.53 Å². The smallest absolute Gasteiger partial charge is 0.315 e. The highest BCUT2D eigenvalue weighted by Gasteiger charge is 2.15. The number of aromatic nitrogens is 1. The Labute approximate surface area is 143 Å². The van der Waals surface area contributed by atoms with Crippen molar-refractivity contribution in [3.63, 3.8) is 0 Å².